The number of fused-ring (bicyclic) bond motifs is 2. The molecule has 32 heavy (non-hydrogen) atoms. The third-order valence-electron chi connectivity index (χ3n) is 6.57. The Labute approximate surface area is 186 Å². The summed E-state index contributed by atoms with van der Waals surface area (Å²) in [7, 11) is 1.91. The number of carbonyl (C=O) groups is 1. The Hall–Kier alpha value is -3.33. The molecular formula is C23H27N7O2. The normalized spacial score (nSPS) is 21.9. The molecule has 1 unspecified atom stereocenters. The maximum absolute atomic E-state index is 12.2. The lowest BCUT2D eigenvalue weighted by atomic mass is 9.91. The molecule has 1 saturated heterocycles. The molecule has 5 rings (SSSR count). The van der Waals surface area contributed by atoms with Crippen molar-refractivity contribution in [2.75, 3.05) is 19.3 Å². The number of carbonyl (C=O) groups excluding carboxylic acids is 1. The van der Waals surface area contributed by atoms with Gasteiger partial charge in [-0.05, 0) is 43.5 Å². The predicted octanol–water partition coefficient (Wildman–Crippen LogP) is 2.61. The van der Waals surface area contributed by atoms with E-state index in [-0.39, 0.29) is 23.5 Å². The van der Waals surface area contributed by atoms with E-state index in [9.17, 15) is 4.79 Å². The molecule has 1 aliphatic carbocycles. The monoisotopic (exact) mass is 433 g/mol. The third-order valence-corrected chi connectivity index (χ3v) is 6.57. The number of rotatable bonds is 6. The van der Waals surface area contributed by atoms with Gasteiger partial charge in [-0.25, -0.2) is 9.97 Å². The third kappa shape index (κ3) is 3.62. The van der Waals surface area contributed by atoms with Gasteiger partial charge in [0.1, 0.15) is 0 Å². The van der Waals surface area contributed by atoms with Gasteiger partial charge in [0.15, 0.2) is 11.5 Å². The number of nitrogens with zero attached hydrogens (tertiary/aromatic N) is 5. The molecule has 1 aliphatic heterocycles. The number of nitrogen functional groups attached to an aromatic ring is 1. The van der Waals surface area contributed by atoms with E-state index in [4.69, 9.17) is 15.1 Å². The Bertz CT molecular complexity index is 1130. The van der Waals surface area contributed by atoms with E-state index >= 15 is 0 Å². The van der Waals surface area contributed by atoms with Gasteiger partial charge in [0.2, 0.25) is 11.8 Å². The maximum atomic E-state index is 12.2. The number of nitrogens with two attached hydrogens (primary N) is 1. The fourth-order valence-corrected chi connectivity index (χ4v) is 4.98. The summed E-state index contributed by atoms with van der Waals surface area (Å²) in [5.74, 6) is 1.83. The highest BCUT2D eigenvalue weighted by Crippen LogP contribution is 2.47. The van der Waals surface area contributed by atoms with Crippen LogP contribution in [0.3, 0.4) is 0 Å². The first-order chi connectivity index (χ1) is 15.6. The number of benzene rings is 1. The lowest BCUT2D eigenvalue weighted by molar-refractivity contribution is -0.132. The standard InChI is InChI=1S/C23H27N7O2/c1-3-19(31)30-12-15-8-16(30)9-17(15)18-11-26-21(24)20(27-18)23-29-28-22(32-23)14-6-4-13(5-7-14)10-25-2/h4-7,11,15-17,25H,3,8-10,12H2,1-2H3,(H2,24,26)/t15-,16+,17?/m1/s1. The lowest BCUT2D eigenvalue weighted by Gasteiger charge is -2.31. The summed E-state index contributed by atoms with van der Waals surface area (Å²) in [6, 6.07) is 8.24. The van der Waals surface area contributed by atoms with Crippen LogP contribution in [-0.4, -0.2) is 50.6 Å². The van der Waals surface area contributed by atoms with Crippen molar-refractivity contribution in [3.8, 4) is 23.0 Å². The Kier molecular flexibility index (Phi) is 5.34. The Morgan fingerprint density at radius 3 is 2.69 bits per heavy atom. The van der Waals surface area contributed by atoms with Crippen molar-refractivity contribution in [2.45, 2.75) is 44.7 Å². The zero-order valence-electron chi connectivity index (χ0n) is 18.3. The number of piperidine rings is 1. The highest BCUT2D eigenvalue weighted by Gasteiger charge is 2.47. The van der Waals surface area contributed by atoms with Crippen molar-refractivity contribution in [3.05, 3.63) is 41.7 Å². The summed E-state index contributed by atoms with van der Waals surface area (Å²) < 4.78 is 5.91. The van der Waals surface area contributed by atoms with Crippen LogP contribution in [0.15, 0.2) is 34.9 Å². The van der Waals surface area contributed by atoms with Crippen molar-refractivity contribution in [2.24, 2.45) is 5.92 Å². The van der Waals surface area contributed by atoms with Gasteiger partial charge in [-0.3, -0.25) is 4.79 Å². The van der Waals surface area contributed by atoms with Crippen molar-refractivity contribution in [1.29, 1.82) is 0 Å². The van der Waals surface area contributed by atoms with Crippen molar-refractivity contribution in [1.82, 2.24) is 30.4 Å². The first-order valence-corrected chi connectivity index (χ1v) is 11.1. The van der Waals surface area contributed by atoms with E-state index in [0.29, 0.717) is 30.0 Å². The maximum Gasteiger partial charge on any atom is 0.270 e. The van der Waals surface area contributed by atoms with E-state index < -0.39 is 0 Å². The zero-order chi connectivity index (χ0) is 22.2. The van der Waals surface area contributed by atoms with E-state index in [0.717, 1.165) is 37.2 Å². The molecule has 3 aromatic rings. The van der Waals surface area contributed by atoms with Gasteiger partial charge in [0, 0.05) is 37.0 Å². The fraction of sp³-hybridized carbons (Fsp3) is 0.435. The minimum absolute atomic E-state index is 0.234. The number of aromatic nitrogens is 4. The van der Waals surface area contributed by atoms with E-state index in [1.807, 2.05) is 43.1 Å². The Morgan fingerprint density at radius 2 is 2.00 bits per heavy atom. The first-order valence-electron chi connectivity index (χ1n) is 11.1. The van der Waals surface area contributed by atoms with Crippen LogP contribution in [0, 0.1) is 5.92 Å². The molecule has 1 saturated carbocycles. The van der Waals surface area contributed by atoms with Crippen LogP contribution < -0.4 is 11.1 Å². The smallest absolute Gasteiger partial charge is 0.270 e. The summed E-state index contributed by atoms with van der Waals surface area (Å²) in [4.78, 5) is 23.3. The van der Waals surface area contributed by atoms with E-state index in [1.165, 1.54) is 5.56 Å². The van der Waals surface area contributed by atoms with Gasteiger partial charge in [-0.1, -0.05) is 19.1 Å². The summed E-state index contributed by atoms with van der Waals surface area (Å²) in [5, 5.41) is 11.5. The van der Waals surface area contributed by atoms with Crippen molar-refractivity contribution < 1.29 is 9.21 Å². The van der Waals surface area contributed by atoms with Crippen LogP contribution in [-0.2, 0) is 11.3 Å². The molecule has 3 heterocycles. The Balaban J connectivity index is 1.37. The van der Waals surface area contributed by atoms with Gasteiger partial charge >= 0.3 is 0 Å². The summed E-state index contributed by atoms with van der Waals surface area (Å²) in [6.07, 6.45) is 4.22. The highest BCUT2D eigenvalue weighted by molar-refractivity contribution is 5.76. The molecule has 0 spiro atoms. The number of nitrogens with one attached hydrogen (secondary N) is 1. The van der Waals surface area contributed by atoms with Gasteiger partial charge < -0.3 is 20.4 Å². The largest absolute Gasteiger partial charge is 0.414 e. The first kappa shape index (κ1) is 20.6. The average Bonchev–Trinajstić information content (AvgIpc) is 3.56. The number of anilines is 1. The molecule has 0 radical (unpaired) electrons. The van der Waals surface area contributed by atoms with Gasteiger partial charge in [-0.15, -0.1) is 10.2 Å². The number of amides is 1. The zero-order valence-corrected chi connectivity index (χ0v) is 18.3. The number of likely N-dealkylation sites (tertiary alicyclic amines) is 1. The molecule has 166 valence electrons. The fourth-order valence-electron chi connectivity index (χ4n) is 4.98. The summed E-state index contributed by atoms with van der Waals surface area (Å²) >= 11 is 0. The molecule has 9 heteroatoms. The molecule has 3 atom stereocenters. The number of hydrogen-bond donors (Lipinski definition) is 2. The molecule has 2 aliphatic rings. The molecule has 3 N–H and O–H groups in total. The minimum Gasteiger partial charge on any atom is -0.414 e. The van der Waals surface area contributed by atoms with Crippen molar-refractivity contribution >= 4 is 11.7 Å². The van der Waals surface area contributed by atoms with Gasteiger partial charge in [0.25, 0.3) is 5.89 Å². The van der Waals surface area contributed by atoms with Crippen LogP contribution in [0.5, 0.6) is 0 Å². The SMILES string of the molecule is CCC(=O)N1C[C@H]2C[C@H]1CC2c1cnc(N)c(-c2nnc(-c3ccc(CNC)cc3)o2)n1. The highest BCUT2D eigenvalue weighted by atomic mass is 16.4. The second kappa shape index (κ2) is 8.31. The topological polar surface area (TPSA) is 123 Å². The number of hydrogen-bond acceptors (Lipinski definition) is 8. The minimum atomic E-state index is 0.234. The quantitative estimate of drug-likeness (QED) is 0.608. The van der Waals surface area contributed by atoms with Crippen LogP contribution in [0.2, 0.25) is 0 Å². The molecule has 1 aromatic carbocycles. The van der Waals surface area contributed by atoms with E-state index in [2.05, 4.69) is 20.5 Å². The van der Waals surface area contributed by atoms with Gasteiger partial charge in [0.05, 0.1) is 11.9 Å². The molecular weight excluding hydrogens is 406 g/mol. The second-order valence-electron chi connectivity index (χ2n) is 8.56. The van der Waals surface area contributed by atoms with Crippen LogP contribution in [0.25, 0.3) is 23.0 Å². The van der Waals surface area contributed by atoms with Crippen molar-refractivity contribution in [3.63, 3.8) is 0 Å². The second-order valence-corrected chi connectivity index (χ2v) is 8.56. The molecule has 2 aromatic heterocycles. The predicted molar refractivity (Wildman–Crippen MR) is 119 cm³/mol. The van der Waals surface area contributed by atoms with E-state index in [1.54, 1.807) is 6.20 Å². The Morgan fingerprint density at radius 1 is 1.22 bits per heavy atom. The molecule has 2 bridgehead atoms. The van der Waals surface area contributed by atoms with Crippen LogP contribution in [0.1, 0.15) is 43.4 Å². The molecule has 9 nitrogen and oxygen atoms in total. The summed E-state index contributed by atoms with van der Waals surface area (Å²) in [6.45, 7) is 3.50. The van der Waals surface area contributed by atoms with Crippen LogP contribution in [0.4, 0.5) is 5.82 Å². The van der Waals surface area contributed by atoms with Crippen LogP contribution >= 0.6 is 0 Å². The molecule has 2 fully saturated rings. The average molecular weight is 434 g/mol. The summed E-state index contributed by atoms with van der Waals surface area (Å²) in [5.41, 5.74) is 9.41. The lowest BCUT2D eigenvalue weighted by Crippen LogP contribution is -2.39. The van der Waals surface area contributed by atoms with Gasteiger partial charge in [-0.2, -0.15) is 0 Å². The molecule has 1 amide bonds.